The molecule has 0 bridgehead atoms. The van der Waals surface area contributed by atoms with Crippen molar-refractivity contribution in [1.82, 2.24) is 36.4 Å². The number of hydrazine groups is 2. The molecule has 6 amide bonds. The molecule has 6 aromatic rings. The maximum atomic E-state index is 14.5. The summed E-state index contributed by atoms with van der Waals surface area (Å²) >= 11 is 0. The lowest BCUT2D eigenvalue weighted by atomic mass is 9.89. The average molecular weight is 1490 g/mol. The summed E-state index contributed by atoms with van der Waals surface area (Å²) < 4.78 is 35.4. The van der Waals surface area contributed by atoms with Crippen LogP contribution in [0, 0.1) is 17.3 Å². The maximum Gasteiger partial charge on any atom is 0.416 e. The van der Waals surface area contributed by atoms with E-state index in [4.69, 9.17) is 28.4 Å². The number of ether oxygens (including phenoxy) is 6. The third kappa shape index (κ3) is 16.8. The van der Waals surface area contributed by atoms with Crippen molar-refractivity contribution >= 4 is 81.3 Å². The number of carbonyl (C=O) groups excluding carboxylic acids is 9. The standard InChI is InChI=1S/C84H95N9O16/c1-50(2)64(40-60(95)45-85-75(97)31-27-59(94)28-32-76(98)91-46-56-15-9-10-16-62(56)78-77(87-88-89(78)4)63-17-11-12-18-67(63)91)79(99)86-51(3)70(96)37-52-19-21-53(22-20-52)48-109-83(103)93-68-43-74(72(106-7)42-66(68)81(101)92-49-84(33-34-84)44-69(92)82(93)102)108-36-14-8-13-35-107-73-39-55-23-26-58-38-57(54-24-29-61(104-5)30-25-54)47-90(58)80(100)65(55)41-71(73)105-6/h9-12,15-22,24-25,29-30,39,41-43,47,50-51,58,64,69,82,87-88,102H,8,13-14,23,26-28,31-38,40,44-46,48-49H2,1-7H3,(H,85,97)(H,86,99)/t51-,58+,64-,69-,82?/m0/s1. The summed E-state index contributed by atoms with van der Waals surface area (Å²) in [5.74, 6) is -1.43. The highest BCUT2D eigenvalue weighted by Crippen LogP contribution is 2.57. The minimum absolute atomic E-state index is 0.0375. The zero-order valence-corrected chi connectivity index (χ0v) is 62.7. The molecule has 1 aliphatic carbocycles. The molecule has 5 N–H and O–H groups in total. The van der Waals surface area contributed by atoms with Crippen molar-refractivity contribution in [2.75, 3.05) is 64.5 Å². The summed E-state index contributed by atoms with van der Waals surface area (Å²) in [4.78, 5) is 130. The second kappa shape index (κ2) is 33.2. The Morgan fingerprint density at radius 2 is 1.37 bits per heavy atom. The molecule has 572 valence electrons. The summed E-state index contributed by atoms with van der Waals surface area (Å²) in [5.41, 5.74) is 16.6. The van der Waals surface area contributed by atoms with Crippen molar-refractivity contribution in [3.63, 3.8) is 0 Å². The number of nitrogens with zero attached hydrogens (tertiary/aromatic N) is 5. The van der Waals surface area contributed by atoms with Crippen LogP contribution < -0.4 is 55.1 Å². The largest absolute Gasteiger partial charge is 0.497 e. The highest BCUT2D eigenvalue weighted by atomic mass is 16.6. The zero-order valence-electron chi connectivity index (χ0n) is 62.7. The molecule has 5 atom stereocenters. The molecule has 109 heavy (non-hydrogen) atoms. The van der Waals surface area contributed by atoms with E-state index in [0.717, 1.165) is 81.1 Å². The first-order valence-electron chi connectivity index (χ1n) is 37.6. The Balaban J connectivity index is 0.556. The van der Waals surface area contributed by atoms with Gasteiger partial charge in [0.1, 0.15) is 18.1 Å². The monoisotopic (exact) mass is 1490 g/mol. The van der Waals surface area contributed by atoms with Crippen LogP contribution in [-0.2, 0) is 59.5 Å². The fourth-order valence-electron chi connectivity index (χ4n) is 15.6. The summed E-state index contributed by atoms with van der Waals surface area (Å²) in [6.45, 7) is 5.91. The summed E-state index contributed by atoms with van der Waals surface area (Å²) in [6, 6.07) is 35.4. The van der Waals surface area contributed by atoms with Crippen molar-refractivity contribution in [2.24, 2.45) is 17.3 Å². The molecule has 1 saturated carbocycles. The number of hydrogen-bond acceptors (Lipinski definition) is 19. The van der Waals surface area contributed by atoms with Gasteiger partial charge in [0.2, 0.25) is 17.7 Å². The van der Waals surface area contributed by atoms with Crippen LogP contribution in [0.3, 0.4) is 0 Å². The van der Waals surface area contributed by atoms with Gasteiger partial charge in [-0.25, -0.2) is 9.69 Å². The van der Waals surface area contributed by atoms with Gasteiger partial charge in [-0.05, 0) is 146 Å². The number of aliphatic hydroxyl groups is 1. The molecular formula is C84H95N9O16. The molecule has 6 heterocycles. The number of aryl methyl sites for hydroxylation is 1. The van der Waals surface area contributed by atoms with Gasteiger partial charge >= 0.3 is 6.09 Å². The summed E-state index contributed by atoms with van der Waals surface area (Å²) in [7, 11) is 6.58. The van der Waals surface area contributed by atoms with Crippen LogP contribution >= 0.6 is 0 Å². The van der Waals surface area contributed by atoms with Crippen molar-refractivity contribution in [3.05, 3.63) is 178 Å². The van der Waals surface area contributed by atoms with E-state index >= 15 is 0 Å². The van der Waals surface area contributed by atoms with Crippen LogP contribution in [0.5, 0.6) is 28.7 Å². The van der Waals surface area contributed by atoms with Crippen LogP contribution in [0.15, 0.2) is 128 Å². The Kier molecular flexibility index (Phi) is 23.2. The molecule has 1 spiro atoms. The molecule has 6 aromatic carbocycles. The Morgan fingerprint density at radius 1 is 0.688 bits per heavy atom. The first-order chi connectivity index (χ1) is 52.6. The average Bonchev–Trinajstić information content (AvgIpc) is 1.50. The molecule has 0 aromatic heterocycles. The van der Waals surface area contributed by atoms with Gasteiger partial charge in [-0.1, -0.05) is 92.7 Å². The van der Waals surface area contributed by atoms with Gasteiger partial charge in [-0.2, -0.15) is 0 Å². The number of methoxy groups -OCH3 is 3. The predicted molar refractivity (Wildman–Crippen MR) is 407 cm³/mol. The number of amides is 6. The number of hydrogen-bond donors (Lipinski definition) is 5. The van der Waals surface area contributed by atoms with Gasteiger partial charge < -0.3 is 64.3 Å². The number of Topliss-reactive ketones (excluding diaryl/α,β-unsaturated/α-hetero) is 3. The molecular weight excluding hydrogens is 1390 g/mol. The second-order valence-corrected chi connectivity index (χ2v) is 29.7. The van der Waals surface area contributed by atoms with Crippen molar-refractivity contribution in [1.29, 1.82) is 0 Å². The van der Waals surface area contributed by atoms with E-state index in [1.807, 2.05) is 102 Å². The number of anilines is 2. The SMILES string of the molecule is COc1ccc(C2=CN3C(=O)c4cc(OC)c(OCCCCCOc5cc6c(cc5OC)C(=O)N5CC7(CC7)C[C@H]5C(O)N6C(=O)OCc5ccc(CC(=O)[C@H](C)NC(=O)[C@@H](CC(=O)CNC(=O)CCC(=O)CCC(=O)N6Cc7ccccc7C7=C(NNN7C)c7ccccc76)C(C)C)cc5)cc4CC[C@@H]3C2)cc1. The molecule has 0 radical (unpaired) electrons. The first kappa shape index (κ1) is 76.2. The molecule has 6 aliphatic heterocycles. The van der Waals surface area contributed by atoms with E-state index in [1.165, 1.54) is 7.11 Å². The van der Waals surface area contributed by atoms with E-state index in [0.29, 0.717) is 79.1 Å². The van der Waals surface area contributed by atoms with E-state index < -0.39 is 47.9 Å². The van der Waals surface area contributed by atoms with Crippen LogP contribution in [0.2, 0.25) is 0 Å². The Bertz CT molecular complexity index is 4570. The van der Waals surface area contributed by atoms with E-state index in [1.54, 1.807) is 87.3 Å². The highest BCUT2D eigenvalue weighted by Gasteiger charge is 2.58. The Labute approximate surface area is 634 Å². The molecule has 25 heteroatoms. The van der Waals surface area contributed by atoms with Gasteiger partial charge in [0.25, 0.3) is 11.8 Å². The van der Waals surface area contributed by atoms with Gasteiger partial charge in [0, 0.05) is 93.0 Å². The van der Waals surface area contributed by atoms with Gasteiger partial charge in [-0.15, -0.1) is 5.53 Å². The fraction of sp³-hybridized carbons (Fsp3) is 0.417. The lowest BCUT2D eigenvalue weighted by Crippen LogP contribution is -2.50. The predicted octanol–water partition coefficient (Wildman–Crippen LogP) is 10.4. The Hall–Kier alpha value is -11.1. The minimum atomic E-state index is -1.46. The zero-order chi connectivity index (χ0) is 76.8. The number of nitrogens with one attached hydrogen (secondary N) is 4. The Morgan fingerprint density at radius 3 is 2.07 bits per heavy atom. The van der Waals surface area contributed by atoms with Crippen molar-refractivity contribution in [3.8, 4) is 28.7 Å². The van der Waals surface area contributed by atoms with Gasteiger partial charge in [-0.3, -0.25) is 43.4 Å². The van der Waals surface area contributed by atoms with E-state index in [-0.39, 0.29) is 134 Å². The smallest absolute Gasteiger partial charge is 0.416 e. The van der Waals surface area contributed by atoms with Crippen LogP contribution in [0.4, 0.5) is 16.2 Å². The van der Waals surface area contributed by atoms with Crippen molar-refractivity contribution < 1.29 is 76.7 Å². The number of aliphatic hydroxyl groups excluding tert-OH is 1. The summed E-state index contributed by atoms with van der Waals surface area (Å²) in [6.07, 6.45) is 5.45. The number of ketones is 3. The third-order valence-corrected chi connectivity index (χ3v) is 22.1. The van der Waals surface area contributed by atoms with Crippen LogP contribution in [-0.4, -0.2) is 152 Å². The third-order valence-electron chi connectivity index (χ3n) is 22.1. The number of unbranched alkanes of at least 4 members (excludes halogenated alkanes) is 2. The molecule has 13 rings (SSSR count). The maximum absolute atomic E-state index is 14.5. The molecule has 25 nitrogen and oxygen atoms in total. The normalized spacial score (nSPS) is 18.3. The number of benzene rings is 6. The fourth-order valence-corrected chi connectivity index (χ4v) is 15.6. The quantitative estimate of drug-likeness (QED) is 0.0262. The lowest BCUT2D eigenvalue weighted by Gasteiger charge is -2.31. The summed E-state index contributed by atoms with van der Waals surface area (Å²) in [5, 5.41) is 19.5. The molecule has 7 aliphatic rings. The second-order valence-electron chi connectivity index (χ2n) is 29.7. The van der Waals surface area contributed by atoms with E-state index in [2.05, 4.69) is 21.6 Å². The number of fused-ring (bicyclic) bond motifs is 8. The minimum Gasteiger partial charge on any atom is -0.497 e. The highest BCUT2D eigenvalue weighted by molar-refractivity contribution is 6.07. The lowest BCUT2D eigenvalue weighted by molar-refractivity contribution is -0.133. The van der Waals surface area contributed by atoms with Crippen LogP contribution in [0.25, 0.3) is 17.0 Å². The number of rotatable bonds is 30. The molecule has 1 saturated heterocycles. The van der Waals surface area contributed by atoms with Crippen molar-refractivity contribution in [2.45, 2.75) is 155 Å². The van der Waals surface area contributed by atoms with E-state index in [9.17, 15) is 48.3 Å². The number of para-hydroxylation sites is 1. The molecule has 1 unspecified atom stereocenters. The molecule has 2 fully saturated rings. The number of carbonyl (C=O) groups is 9. The van der Waals surface area contributed by atoms with Gasteiger partial charge in [0.15, 0.2) is 40.8 Å². The topological polar surface area (TPSA) is 294 Å². The first-order valence-corrected chi connectivity index (χ1v) is 37.6. The van der Waals surface area contributed by atoms with Crippen LogP contribution in [0.1, 0.15) is 164 Å². The van der Waals surface area contributed by atoms with Gasteiger partial charge in [0.05, 0.1) is 88.0 Å².